The van der Waals surface area contributed by atoms with E-state index in [-0.39, 0.29) is 12.0 Å². The van der Waals surface area contributed by atoms with Gasteiger partial charge in [0.05, 0.1) is 0 Å². The van der Waals surface area contributed by atoms with Crippen molar-refractivity contribution in [2.24, 2.45) is 11.8 Å². The monoisotopic (exact) mass is 210 g/mol. The lowest BCUT2D eigenvalue weighted by atomic mass is 9.64. The Hall–Kier alpha value is -0.413. The summed E-state index contributed by atoms with van der Waals surface area (Å²) >= 11 is 0. The van der Waals surface area contributed by atoms with Gasteiger partial charge in [-0.15, -0.1) is 0 Å². The number of ketones is 1. The van der Waals surface area contributed by atoms with Crippen LogP contribution >= 0.6 is 0 Å². The summed E-state index contributed by atoms with van der Waals surface area (Å²) < 4.78 is 5.91. The third-order valence-corrected chi connectivity index (χ3v) is 3.96. The van der Waals surface area contributed by atoms with Crippen LogP contribution in [0.5, 0.6) is 0 Å². The van der Waals surface area contributed by atoms with Crippen molar-refractivity contribution in [3.63, 3.8) is 0 Å². The number of carbonyl (C=O) groups is 1. The number of hydrogen-bond acceptors (Lipinski definition) is 2. The summed E-state index contributed by atoms with van der Waals surface area (Å²) in [6, 6.07) is 0. The van der Waals surface area contributed by atoms with Crippen LogP contribution in [0.25, 0.3) is 0 Å². The topological polar surface area (TPSA) is 26.3 Å². The van der Waals surface area contributed by atoms with E-state index < -0.39 is 8.32 Å². The molecule has 0 aliphatic heterocycles. The van der Waals surface area contributed by atoms with Crippen LogP contribution in [-0.2, 0) is 9.22 Å². The minimum atomic E-state index is -1.55. The molecule has 0 spiro atoms. The predicted octanol–water partition coefficient (Wildman–Crippen LogP) is 2.37. The van der Waals surface area contributed by atoms with E-state index in [2.05, 4.69) is 31.8 Å². The van der Waals surface area contributed by atoms with Gasteiger partial charge in [0, 0.05) is 11.8 Å². The van der Waals surface area contributed by atoms with Crippen LogP contribution in [0.3, 0.4) is 0 Å². The van der Waals surface area contributed by atoms with E-state index in [1.807, 2.05) is 0 Å². The van der Waals surface area contributed by atoms with Crippen molar-refractivity contribution in [1.82, 2.24) is 0 Å². The molecule has 0 heterocycles. The van der Waals surface area contributed by atoms with Crippen molar-refractivity contribution < 1.29 is 9.22 Å². The van der Waals surface area contributed by atoms with Gasteiger partial charge in [-0.2, -0.15) is 0 Å². The Labute approximate surface area is 86.5 Å². The fourth-order valence-corrected chi connectivity index (χ4v) is 3.38. The van der Waals surface area contributed by atoms with Crippen molar-refractivity contribution in [1.29, 1.82) is 0 Å². The van der Waals surface area contributed by atoms with Gasteiger partial charge >= 0.3 is 0 Å². The van der Waals surface area contributed by atoms with E-state index >= 15 is 0 Å². The Morgan fingerprint density at radius 1 is 1.29 bits per heavy atom. The molecule has 78 valence electrons. The third-order valence-electron chi connectivity index (χ3n) is 3.00. The average Bonchev–Trinajstić information content (AvgIpc) is 2.13. The molecule has 0 aromatic carbocycles. The molecular formula is C11H18O2Si. The highest BCUT2D eigenvalue weighted by molar-refractivity contribution is 6.70. The molecule has 0 aromatic heterocycles. The van der Waals surface area contributed by atoms with Gasteiger partial charge in [0.25, 0.3) is 0 Å². The predicted molar refractivity (Wildman–Crippen MR) is 58.6 cm³/mol. The van der Waals surface area contributed by atoms with E-state index in [0.29, 0.717) is 11.7 Å². The summed E-state index contributed by atoms with van der Waals surface area (Å²) in [6.07, 6.45) is 6.22. The molecule has 14 heavy (non-hydrogen) atoms. The van der Waals surface area contributed by atoms with Gasteiger partial charge in [0.15, 0.2) is 14.1 Å². The zero-order valence-corrected chi connectivity index (χ0v) is 10.1. The first-order valence-electron chi connectivity index (χ1n) is 5.35. The van der Waals surface area contributed by atoms with Crippen molar-refractivity contribution in [3.8, 4) is 0 Å². The van der Waals surface area contributed by atoms with Crippen LogP contribution in [0.4, 0.5) is 0 Å². The van der Waals surface area contributed by atoms with E-state index in [1.165, 1.54) is 0 Å². The molecule has 1 fully saturated rings. The van der Waals surface area contributed by atoms with Gasteiger partial charge in [-0.05, 0) is 32.5 Å². The SMILES string of the molecule is C[Si](C)(C)OC1C(=O)C2CC=CCC21. The second-order valence-corrected chi connectivity index (χ2v) is 9.73. The molecule has 0 amide bonds. The number of carbonyl (C=O) groups excluding carboxylic acids is 1. The van der Waals surface area contributed by atoms with Gasteiger partial charge in [0.2, 0.25) is 0 Å². The lowest BCUT2D eigenvalue weighted by molar-refractivity contribution is -0.150. The second-order valence-electron chi connectivity index (χ2n) is 5.27. The normalized spacial score (nSPS) is 36.5. The van der Waals surface area contributed by atoms with E-state index in [4.69, 9.17) is 4.43 Å². The summed E-state index contributed by atoms with van der Waals surface area (Å²) in [7, 11) is -1.55. The van der Waals surface area contributed by atoms with Gasteiger partial charge < -0.3 is 4.43 Å². The number of fused-ring (bicyclic) bond motifs is 1. The Morgan fingerprint density at radius 3 is 2.57 bits per heavy atom. The first-order valence-corrected chi connectivity index (χ1v) is 8.76. The standard InChI is InChI=1S/C11H18O2Si/c1-14(2,3)13-11-9-7-5-4-6-8(9)10(11)12/h4-5,8-9,11H,6-7H2,1-3H3. The van der Waals surface area contributed by atoms with Crippen LogP contribution in [0.15, 0.2) is 12.2 Å². The molecule has 2 aliphatic carbocycles. The molecule has 3 atom stereocenters. The van der Waals surface area contributed by atoms with Gasteiger partial charge in [-0.3, -0.25) is 4.79 Å². The maximum Gasteiger partial charge on any atom is 0.184 e. The molecule has 2 aliphatic rings. The quantitative estimate of drug-likeness (QED) is 0.516. The molecule has 0 aromatic rings. The lowest BCUT2D eigenvalue weighted by Gasteiger charge is -2.46. The Bertz CT molecular complexity index is 278. The molecule has 0 saturated heterocycles. The zero-order valence-electron chi connectivity index (χ0n) is 9.12. The third kappa shape index (κ3) is 1.71. The molecule has 3 heteroatoms. The molecular weight excluding hydrogens is 192 g/mol. The van der Waals surface area contributed by atoms with Crippen LogP contribution in [0.1, 0.15) is 12.8 Å². The zero-order chi connectivity index (χ0) is 10.3. The Kier molecular flexibility index (Phi) is 2.39. The average molecular weight is 210 g/mol. The molecule has 3 unspecified atom stereocenters. The summed E-state index contributed by atoms with van der Waals surface area (Å²) in [5.74, 6) is 1.11. The molecule has 1 saturated carbocycles. The van der Waals surface area contributed by atoms with Crippen LogP contribution in [0, 0.1) is 11.8 Å². The largest absolute Gasteiger partial charge is 0.407 e. The number of rotatable bonds is 2. The summed E-state index contributed by atoms with van der Waals surface area (Å²) in [5.41, 5.74) is 0. The first-order chi connectivity index (χ1) is 6.49. The first kappa shape index (κ1) is 10.1. The molecule has 2 rings (SSSR count). The van der Waals surface area contributed by atoms with Crippen molar-refractivity contribution in [2.75, 3.05) is 0 Å². The summed E-state index contributed by atoms with van der Waals surface area (Å²) in [5, 5.41) is 0. The van der Waals surface area contributed by atoms with Gasteiger partial charge in [0.1, 0.15) is 6.10 Å². The Morgan fingerprint density at radius 2 is 1.93 bits per heavy atom. The van der Waals surface area contributed by atoms with Crippen LogP contribution in [-0.4, -0.2) is 20.2 Å². The van der Waals surface area contributed by atoms with E-state index in [1.54, 1.807) is 0 Å². The van der Waals surface area contributed by atoms with Gasteiger partial charge in [-0.1, -0.05) is 12.2 Å². The smallest absolute Gasteiger partial charge is 0.184 e. The van der Waals surface area contributed by atoms with E-state index in [9.17, 15) is 4.79 Å². The van der Waals surface area contributed by atoms with Gasteiger partial charge in [-0.25, -0.2) is 0 Å². The molecule has 0 radical (unpaired) electrons. The maximum absolute atomic E-state index is 11.7. The Balaban J connectivity index is 2.02. The highest BCUT2D eigenvalue weighted by atomic mass is 28.4. The highest BCUT2D eigenvalue weighted by Crippen LogP contribution is 2.42. The number of allylic oxidation sites excluding steroid dienone is 2. The highest BCUT2D eigenvalue weighted by Gasteiger charge is 2.51. The van der Waals surface area contributed by atoms with Crippen molar-refractivity contribution in [3.05, 3.63) is 12.2 Å². The molecule has 0 N–H and O–H groups in total. The van der Waals surface area contributed by atoms with Crippen LogP contribution in [0.2, 0.25) is 19.6 Å². The minimum absolute atomic E-state index is 0.0726. The molecule has 2 nitrogen and oxygen atoms in total. The second kappa shape index (κ2) is 3.31. The van der Waals surface area contributed by atoms with Crippen molar-refractivity contribution in [2.45, 2.75) is 38.6 Å². The van der Waals surface area contributed by atoms with E-state index in [0.717, 1.165) is 12.8 Å². The summed E-state index contributed by atoms with van der Waals surface area (Å²) in [6.45, 7) is 6.44. The number of hydrogen-bond donors (Lipinski definition) is 0. The lowest BCUT2D eigenvalue weighted by Crippen LogP contribution is -2.57. The van der Waals surface area contributed by atoms with Crippen molar-refractivity contribution >= 4 is 14.1 Å². The minimum Gasteiger partial charge on any atom is -0.407 e. The van der Waals surface area contributed by atoms with Crippen LogP contribution < -0.4 is 0 Å². The maximum atomic E-state index is 11.7. The number of Topliss-reactive ketones (excluding diaryl/α,β-unsaturated/α-hetero) is 1. The summed E-state index contributed by atoms with van der Waals surface area (Å²) in [4.78, 5) is 11.7. The molecule has 0 bridgehead atoms. The fraction of sp³-hybridized carbons (Fsp3) is 0.727. The fourth-order valence-electron chi connectivity index (χ4n) is 2.33.